The number of benzene rings is 2. The Hall–Kier alpha value is -1.94. The monoisotopic (exact) mass is 332 g/mol. The predicted molar refractivity (Wildman–Crippen MR) is 78.5 cm³/mol. The van der Waals surface area contributed by atoms with Crippen molar-refractivity contribution in [2.75, 3.05) is 0 Å². The van der Waals surface area contributed by atoms with E-state index in [1.54, 1.807) is 25.1 Å². The first-order valence-corrected chi connectivity index (χ1v) is 6.85. The second-order valence-electron chi connectivity index (χ2n) is 4.51. The van der Waals surface area contributed by atoms with Gasteiger partial charge in [0, 0.05) is 15.4 Å². The molecule has 0 aliphatic heterocycles. The summed E-state index contributed by atoms with van der Waals surface area (Å²) in [5.74, 6) is -0.797. The lowest BCUT2D eigenvalue weighted by molar-refractivity contribution is 0.101. The number of carbonyl (C=O) groups excluding carboxylic acids is 1. The van der Waals surface area contributed by atoms with Crippen LogP contribution in [0.15, 0.2) is 51.4 Å². The fraction of sp³-hybridized carbons (Fsp3) is 0.0625. The fourth-order valence-electron chi connectivity index (χ4n) is 2.18. The van der Waals surface area contributed by atoms with Gasteiger partial charge in [0.1, 0.15) is 11.4 Å². The average molecular weight is 333 g/mol. The number of carbonyl (C=O) groups is 1. The summed E-state index contributed by atoms with van der Waals surface area (Å²) in [5.41, 5.74) is 1.35. The van der Waals surface area contributed by atoms with Crippen LogP contribution in [0.2, 0.25) is 0 Å². The van der Waals surface area contributed by atoms with Crippen molar-refractivity contribution in [2.45, 2.75) is 6.92 Å². The van der Waals surface area contributed by atoms with Crippen LogP contribution in [0.5, 0.6) is 0 Å². The normalized spacial score (nSPS) is 10.9. The van der Waals surface area contributed by atoms with E-state index >= 15 is 0 Å². The molecule has 0 unspecified atom stereocenters. The Morgan fingerprint density at radius 2 is 1.95 bits per heavy atom. The minimum absolute atomic E-state index is 0.0220. The molecule has 3 rings (SSSR count). The molecular weight excluding hydrogens is 323 g/mol. The Morgan fingerprint density at radius 3 is 2.70 bits per heavy atom. The molecule has 2 aromatic carbocycles. The molecule has 2 nitrogen and oxygen atoms in total. The average Bonchev–Trinajstić information content (AvgIpc) is 2.75. The van der Waals surface area contributed by atoms with E-state index in [9.17, 15) is 9.18 Å². The third-order valence-electron chi connectivity index (χ3n) is 3.22. The number of aryl methyl sites for hydroxylation is 1. The highest BCUT2D eigenvalue weighted by Crippen LogP contribution is 2.29. The highest BCUT2D eigenvalue weighted by atomic mass is 79.9. The van der Waals surface area contributed by atoms with Crippen LogP contribution in [-0.4, -0.2) is 5.78 Å². The molecule has 0 saturated carbocycles. The van der Waals surface area contributed by atoms with Crippen LogP contribution in [0.3, 0.4) is 0 Å². The van der Waals surface area contributed by atoms with Gasteiger partial charge in [0.25, 0.3) is 0 Å². The van der Waals surface area contributed by atoms with Crippen molar-refractivity contribution in [3.8, 4) is 0 Å². The zero-order valence-corrected chi connectivity index (χ0v) is 12.2. The number of hydrogen-bond acceptors (Lipinski definition) is 2. The summed E-state index contributed by atoms with van der Waals surface area (Å²) >= 11 is 3.35. The zero-order valence-electron chi connectivity index (χ0n) is 10.6. The van der Waals surface area contributed by atoms with Crippen molar-refractivity contribution in [1.82, 2.24) is 0 Å². The summed E-state index contributed by atoms with van der Waals surface area (Å²) < 4.78 is 20.2. The molecule has 0 amide bonds. The van der Waals surface area contributed by atoms with Gasteiger partial charge < -0.3 is 4.42 Å². The van der Waals surface area contributed by atoms with Gasteiger partial charge in [0.05, 0.1) is 5.56 Å². The Kier molecular flexibility index (Phi) is 3.18. The maximum absolute atomic E-state index is 13.7. The first kappa shape index (κ1) is 13.1. The molecule has 3 aromatic rings. The van der Waals surface area contributed by atoms with E-state index in [0.29, 0.717) is 5.58 Å². The summed E-state index contributed by atoms with van der Waals surface area (Å²) in [6.07, 6.45) is 0. The van der Waals surface area contributed by atoms with Crippen LogP contribution in [0.1, 0.15) is 21.7 Å². The number of hydrogen-bond donors (Lipinski definition) is 0. The zero-order chi connectivity index (χ0) is 14.3. The molecule has 1 aromatic heterocycles. The minimum atomic E-state index is -0.543. The third-order valence-corrected chi connectivity index (χ3v) is 3.72. The lowest BCUT2D eigenvalue weighted by Gasteiger charge is -2.00. The number of ketones is 1. The summed E-state index contributed by atoms with van der Waals surface area (Å²) in [5, 5.41) is 0.855. The minimum Gasteiger partial charge on any atom is -0.452 e. The van der Waals surface area contributed by atoms with Crippen LogP contribution in [0.4, 0.5) is 4.39 Å². The quantitative estimate of drug-likeness (QED) is 0.626. The Bertz CT molecular complexity index is 820. The second kappa shape index (κ2) is 4.87. The molecule has 1 heterocycles. The van der Waals surface area contributed by atoms with E-state index in [-0.39, 0.29) is 11.3 Å². The van der Waals surface area contributed by atoms with E-state index in [0.717, 1.165) is 15.4 Å². The molecule has 0 aliphatic carbocycles. The van der Waals surface area contributed by atoms with Crippen LogP contribution >= 0.6 is 15.9 Å². The van der Waals surface area contributed by atoms with Crippen LogP contribution in [0, 0.1) is 12.7 Å². The standard InChI is InChI=1S/C16H10BrFO2/c1-9-11-7-6-10(17)8-14(11)20-16(9)15(19)12-4-2-3-5-13(12)18/h2-8H,1H3. The Morgan fingerprint density at radius 1 is 1.20 bits per heavy atom. The van der Waals surface area contributed by atoms with Crippen molar-refractivity contribution in [2.24, 2.45) is 0 Å². The largest absolute Gasteiger partial charge is 0.452 e. The molecule has 0 radical (unpaired) electrons. The molecule has 0 fully saturated rings. The summed E-state index contributed by atoms with van der Waals surface area (Å²) in [6, 6.07) is 11.4. The van der Waals surface area contributed by atoms with Gasteiger partial charge in [-0.05, 0) is 37.3 Å². The van der Waals surface area contributed by atoms with Gasteiger partial charge in [-0.2, -0.15) is 0 Å². The van der Waals surface area contributed by atoms with Crippen molar-refractivity contribution < 1.29 is 13.6 Å². The number of rotatable bonds is 2. The van der Waals surface area contributed by atoms with E-state index in [1.807, 2.05) is 12.1 Å². The molecular formula is C16H10BrFO2. The topological polar surface area (TPSA) is 30.2 Å². The molecule has 4 heteroatoms. The maximum Gasteiger partial charge on any atom is 0.231 e. The highest BCUT2D eigenvalue weighted by molar-refractivity contribution is 9.10. The number of fused-ring (bicyclic) bond motifs is 1. The number of furan rings is 1. The van der Waals surface area contributed by atoms with Crippen LogP contribution < -0.4 is 0 Å². The van der Waals surface area contributed by atoms with E-state index in [2.05, 4.69) is 15.9 Å². The van der Waals surface area contributed by atoms with Crippen molar-refractivity contribution >= 4 is 32.7 Å². The molecule has 20 heavy (non-hydrogen) atoms. The molecule has 0 aliphatic rings. The van der Waals surface area contributed by atoms with Gasteiger partial charge in [0.2, 0.25) is 5.78 Å². The van der Waals surface area contributed by atoms with E-state index in [4.69, 9.17) is 4.42 Å². The molecule has 100 valence electrons. The van der Waals surface area contributed by atoms with Gasteiger partial charge in [0.15, 0.2) is 5.76 Å². The van der Waals surface area contributed by atoms with Crippen molar-refractivity contribution in [3.63, 3.8) is 0 Å². The smallest absolute Gasteiger partial charge is 0.231 e. The molecule has 0 N–H and O–H groups in total. The SMILES string of the molecule is Cc1c(C(=O)c2ccccc2F)oc2cc(Br)ccc12. The Balaban J connectivity index is 2.18. The molecule has 0 bridgehead atoms. The lowest BCUT2D eigenvalue weighted by atomic mass is 10.0. The van der Waals surface area contributed by atoms with E-state index < -0.39 is 11.6 Å². The third kappa shape index (κ3) is 2.06. The number of halogens is 2. The summed E-state index contributed by atoms with van der Waals surface area (Å²) in [4.78, 5) is 12.4. The van der Waals surface area contributed by atoms with Gasteiger partial charge in [-0.15, -0.1) is 0 Å². The Labute approximate surface area is 123 Å². The lowest BCUT2D eigenvalue weighted by Crippen LogP contribution is -2.04. The predicted octanol–water partition coefficient (Wildman–Crippen LogP) is 4.87. The highest BCUT2D eigenvalue weighted by Gasteiger charge is 2.21. The molecule has 0 atom stereocenters. The van der Waals surface area contributed by atoms with Gasteiger partial charge in [-0.3, -0.25) is 4.79 Å². The van der Waals surface area contributed by atoms with Gasteiger partial charge >= 0.3 is 0 Å². The fourth-order valence-corrected chi connectivity index (χ4v) is 2.52. The van der Waals surface area contributed by atoms with Gasteiger partial charge in [-0.25, -0.2) is 4.39 Å². The summed E-state index contributed by atoms with van der Waals surface area (Å²) in [7, 11) is 0. The van der Waals surface area contributed by atoms with Crippen LogP contribution in [0.25, 0.3) is 11.0 Å². The maximum atomic E-state index is 13.7. The summed E-state index contributed by atoms with van der Waals surface area (Å²) in [6.45, 7) is 1.80. The van der Waals surface area contributed by atoms with Gasteiger partial charge in [-0.1, -0.05) is 28.1 Å². The first-order valence-electron chi connectivity index (χ1n) is 6.06. The molecule has 0 spiro atoms. The second-order valence-corrected chi connectivity index (χ2v) is 5.42. The van der Waals surface area contributed by atoms with Crippen molar-refractivity contribution in [1.29, 1.82) is 0 Å². The van der Waals surface area contributed by atoms with E-state index in [1.165, 1.54) is 12.1 Å². The van der Waals surface area contributed by atoms with Crippen LogP contribution in [-0.2, 0) is 0 Å². The molecule has 0 saturated heterocycles. The first-order chi connectivity index (χ1) is 9.58. The van der Waals surface area contributed by atoms with Crippen molar-refractivity contribution in [3.05, 3.63) is 69.6 Å².